The quantitative estimate of drug-likeness (QED) is 0.765. The number of carbonyl (C=O) groups is 2. The van der Waals surface area contributed by atoms with Gasteiger partial charge in [0.2, 0.25) is 5.91 Å². The van der Waals surface area contributed by atoms with Crippen LogP contribution in [-0.4, -0.2) is 54.1 Å². The number of thiazole rings is 1. The Hall–Kier alpha value is -2.45. The number of rotatable bonds is 8. The topological polar surface area (TPSA) is 80.8 Å². The van der Waals surface area contributed by atoms with Gasteiger partial charge in [0.1, 0.15) is 12.3 Å². The van der Waals surface area contributed by atoms with Crippen LogP contribution in [0, 0.1) is 0 Å². The van der Waals surface area contributed by atoms with Crippen LogP contribution in [0.4, 0.5) is 5.13 Å². The average molecular weight is 375 g/mol. The Bertz CT molecular complexity index is 702. The Morgan fingerprint density at radius 2 is 2.19 bits per heavy atom. The van der Waals surface area contributed by atoms with Gasteiger partial charge in [-0.15, -0.1) is 11.3 Å². The van der Waals surface area contributed by atoms with Gasteiger partial charge in [0.15, 0.2) is 11.7 Å². The van der Waals surface area contributed by atoms with Gasteiger partial charge in [-0.3, -0.25) is 9.59 Å². The Kier molecular flexibility index (Phi) is 6.56. The summed E-state index contributed by atoms with van der Waals surface area (Å²) in [5.74, 6) is 0.0785. The first kappa shape index (κ1) is 18.3. The Morgan fingerprint density at radius 1 is 1.35 bits per heavy atom. The molecule has 0 aliphatic carbocycles. The van der Waals surface area contributed by atoms with Gasteiger partial charge < -0.3 is 19.7 Å². The molecule has 1 atom stereocenters. The van der Waals surface area contributed by atoms with Gasteiger partial charge in [-0.05, 0) is 25.0 Å². The number of para-hydroxylation sites is 1. The molecule has 3 rings (SSSR count). The molecule has 1 aromatic carbocycles. The number of benzene rings is 1. The summed E-state index contributed by atoms with van der Waals surface area (Å²) in [5.41, 5.74) is 0. The van der Waals surface area contributed by atoms with Gasteiger partial charge in [0.05, 0.1) is 6.10 Å². The lowest BCUT2D eigenvalue weighted by molar-refractivity contribution is -0.138. The summed E-state index contributed by atoms with van der Waals surface area (Å²) in [7, 11) is 0. The molecule has 1 N–H and O–H groups in total. The van der Waals surface area contributed by atoms with Crippen LogP contribution in [0.3, 0.4) is 0 Å². The van der Waals surface area contributed by atoms with E-state index in [4.69, 9.17) is 9.47 Å². The number of nitrogens with zero attached hydrogens (tertiary/aromatic N) is 2. The van der Waals surface area contributed by atoms with Crippen LogP contribution >= 0.6 is 11.3 Å². The molecule has 0 bridgehead atoms. The summed E-state index contributed by atoms with van der Waals surface area (Å²) in [6.07, 6.45) is 3.43. The SMILES string of the molecule is O=C(CN(C[C@@H]1CCCO1)C(=O)COc1ccccc1)Nc1nccs1. The first-order valence-electron chi connectivity index (χ1n) is 8.47. The summed E-state index contributed by atoms with van der Waals surface area (Å²) in [4.78, 5) is 30.4. The van der Waals surface area contributed by atoms with Crippen molar-refractivity contribution in [2.75, 3.05) is 31.6 Å². The van der Waals surface area contributed by atoms with Gasteiger partial charge in [-0.2, -0.15) is 0 Å². The highest BCUT2D eigenvalue weighted by molar-refractivity contribution is 7.13. The fourth-order valence-electron chi connectivity index (χ4n) is 2.66. The van der Waals surface area contributed by atoms with E-state index in [0.717, 1.165) is 12.8 Å². The fraction of sp³-hybridized carbons (Fsp3) is 0.389. The zero-order valence-corrected chi connectivity index (χ0v) is 15.1. The molecule has 7 nitrogen and oxygen atoms in total. The molecule has 0 saturated carbocycles. The maximum Gasteiger partial charge on any atom is 0.261 e. The van der Waals surface area contributed by atoms with Gasteiger partial charge in [0, 0.05) is 24.7 Å². The lowest BCUT2D eigenvalue weighted by atomic mass is 10.2. The molecule has 0 unspecified atom stereocenters. The van der Waals surface area contributed by atoms with E-state index in [9.17, 15) is 9.59 Å². The molecule has 26 heavy (non-hydrogen) atoms. The highest BCUT2D eigenvalue weighted by Gasteiger charge is 2.25. The number of hydrogen-bond donors (Lipinski definition) is 1. The van der Waals surface area contributed by atoms with Crippen molar-refractivity contribution in [1.29, 1.82) is 0 Å². The lowest BCUT2D eigenvalue weighted by Gasteiger charge is -2.24. The molecule has 1 fully saturated rings. The fourth-order valence-corrected chi connectivity index (χ4v) is 3.20. The van der Waals surface area contributed by atoms with Gasteiger partial charge in [-0.1, -0.05) is 18.2 Å². The number of nitrogens with one attached hydrogen (secondary N) is 1. The van der Waals surface area contributed by atoms with Crippen molar-refractivity contribution >= 4 is 28.3 Å². The van der Waals surface area contributed by atoms with Crippen LogP contribution in [0.1, 0.15) is 12.8 Å². The summed E-state index contributed by atoms with van der Waals surface area (Å²) >= 11 is 1.33. The van der Waals surface area contributed by atoms with E-state index in [-0.39, 0.29) is 31.1 Å². The molecule has 2 amide bonds. The summed E-state index contributed by atoms with van der Waals surface area (Å²) in [6.45, 7) is 0.887. The third kappa shape index (κ3) is 5.53. The summed E-state index contributed by atoms with van der Waals surface area (Å²) in [5, 5.41) is 4.99. The standard InChI is InChI=1S/C18H21N3O4S/c22-16(20-18-19-8-10-26-18)12-21(11-15-7-4-9-24-15)17(23)13-25-14-5-2-1-3-6-14/h1-3,5-6,8,10,15H,4,7,9,11-13H2,(H,19,20,22)/t15-/m0/s1. The monoisotopic (exact) mass is 375 g/mol. The minimum Gasteiger partial charge on any atom is -0.484 e. The maximum absolute atomic E-state index is 12.6. The predicted molar refractivity (Wildman–Crippen MR) is 98.2 cm³/mol. The van der Waals surface area contributed by atoms with Crippen molar-refractivity contribution in [2.45, 2.75) is 18.9 Å². The lowest BCUT2D eigenvalue weighted by Crippen LogP contribution is -2.44. The number of ether oxygens (including phenoxy) is 2. The van der Waals surface area contributed by atoms with Crippen molar-refractivity contribution in [3.05, 3.63) is 41.9 Å². The molecule has 0 radical (unpaired) electrons. The largest absolute Gasteiger partial charge is 0.484 e. The van der Waals surface area contributed by atoms with Crippen molar-refractivity contribution in [3.8, 4) is 5.75 Å². The van der Waals surface area contributed by atoms with E-state index < -0.39 is 0 Å². The van der Waals surface area contributed by atoms with Crippen LogP contribution in [0.15, 0.2) is 41.9 Å². The third-order valence-electron chi connectivity index (χ3n) is 3.92. The minimum atomic E-state index is -0.286. The van der Waals surface area contributed by atoms with E-state index >= 15 is 0 Å². The summed E-state index contributed by atoms with van der Waals surface area (Å²) in [6, 6.07) is 9.12. The molecule has 1 aromatic heterocycles. The highest BCUT2D eigenvalue weighted by Crippen LogP contribution is 2.15. The Morgan fingerprint density at radius 3 is 2.88 bits per heavy atom. The van der Waals surface area contributed by atoms with Crippen molar-refractivity contribution < 1.29 is 19.1 Å². The highest BCUT2D eigenvalue weighted by atomic mass is 32.1. The molecular weight excluding hydrogens is 354 g/mol. The Balaban J connectivity index is 1.57. The zero-order valence-electron chi connectivity index (χ0n) is 14.3. The van der Waals surface area contributed by atoms with E-state index in [1.807, 2.05) is 18.2 Å². The molecule has 1 aliphatic heterocycles. The predicted octanol–water partition coefficient (Wildman–Crippen LogP) is 2.17. The van der Waals surface area contributed by atoms with Crippen LogP contribution in [0.2, 0.25) is 0 Å². The first-order valence-corrected chi connectivity index (χ1v) is 9.35. The number of carbonyl (C=O) groups excluding carboxylic acids is 2. The van der Waals surface area contributed by atoms with Crippen molar-refractivity contribution in [2.24, 2.45) is 0 Å². The molecule has 1 saturated heterocycles. The Labute approximate surface area is 155 Å². The number of anilines is 1. The van der Waals surface area contributed by atoms with Gasteiger partial charge in [0.25, 0.3) is 5.91 Å². The second kappa shape index (κ2) is 9.30. The second-order valence-electron chi connectivity index (χ2n) is 5.90. The molecular formula is C18H21N3O4S. The van der Waals surface area contributed by atoms with Crippen LogP contribution in [0.5, 0.6) is 5.75 Å². The normalized spacial score (nSPS) is 16.2. The first-order chi connectivity index (χ1) is 12.7. The smallest absolute Gasteiger partial charge is 0.261 e. The van der Waals surface area contributed by atoms with E-state index in [1.54, 1.807) is 23.7 Å². The molecule has 2 aromatic rings. The number of hydrogen-bond acceptors (Lipinski definition) is 6. The molecule has 2 heterocycles. The van der Waals surface area contributed by atoms with E-state index in [2.05, 4.69) is 10.3 Å². The van der Waals surface area contributed by atoms with Gasteiger partial charge in [-0.25, -0.2) is 4.98 Å². The average Bonchev–Trinajstić information content (AvgIpc) is 3.34. The molecule has 8 heteroatoms. The van der Waals surface area contributed by atoms with E-state index in [1.165, 1.54) is 16.2 Å². The molecule has 138 valence electrons. The molecule has 0 spiro atoms. The van der Waals surface area contributed by atoms with Crippen LogP contribution in [-0.2, 0) is 14.3 Å². The van der Waals surface area contributed by atoms with Crippen molar-refractivity contribution in [1.82, 2.24) is 9.88 Å². The second-order valence-corrected chi connectivity index (χ2v) is 6.79. The van der Waals surface area contributed by atoms with E-state index in [0.29, 0.717) is 24.0 Å². The maximum atomic E-state index is 12.6. The van der Waals surface area contributed by atoms with Crippen molar-refractivity contribution in [3.63, 3.8) is 0 Å². The van der Waals surface area contributed by atoms with Crippen LogP contribution < -0.4 is 10.1 Å². The minimum absolute atomic E-state index is 0.0386. The van der Waals surface area contributed by atoms with Gasteiger partial charge >= 0.3 is 0 Å². The third-order valence-corrected chi connectivity index (χ3v) is 4.61. The zero-order chi connectivity index (χ0) is 18.2. The summed E-state index contributed by atoms with van der Waals surface area (Å²) < 4.78 is 11.1. The molecule has 1 aliphatic rings. The number of amides is 2. The van der Waals surface area contributed by atoms with Crippen LogP contribution in [0.25, 0.3) is 0 Å². The number of aromatic nitrogens is 1.